The molecule has 0 spiro atoms. The van der Waals surface area contributed by atoms with E-state index in [1.54, 1.807) is 7.11 Å². The molecule has 0 radical (unpaired) electrons. The van der Waals surface area contributed by atoms with Crippen LogP contribution in [0.15, 0.2) is 12.3 Å². The van der Waals surface area contributed by atoms with Gasteiger partial charge < -0.3 is 15.2 Å². The lowest BCUT2D eigenvalue weighted by Crippen LogP contribution is -2.30. The van der Waals surface area contributed by atoms with E-state index in [-0.39, 0.29) is 29.2 Å². The first-order valence-corrected chi connectivity index (χ1v) is 6.20. The zero-order valence-corrected chi connectivity index (χ0v) is 10.9. The van der Waals surface area contributed by atoms with Crippen LogP contribution >= 0.6 is 0 Å². The molecule has 8 nitrogen and oxygen atoms in total. The number of nitrogens with one attached hydrogen (secondary N) is 1. The normalized spacial score (nSPS) is 21.6. The number of carboxylic acid groups (broad SMARTS) is 1. The lowest BCUT2D eigenvalue weighted by molar-refractivity contribution is -0.384. The minimum Gasteiger partial charge on any atom is -0.478 e. The number of nitrogens with zero attached hydrogens (tertiary/aromatic N) is 2. The average molecular weight is 281 g/mol. The van der Waals surface area contributed by atoms with Gasteiger partial charge in [0.25, 0.3) is 0 Å². The lowest BCUT2D eigenvalue weighted by atomic mass is 10.2. The first-order chi connectivity index (χ1) is 9.52. The Morgan fingerprint density at radius 2 is 2.35 bits per heavy atom. The summed E-state index contributed by atoms with van der Waals surface area (Å²) in [5.74, 6) is -1.17. The van der Waals surface area contributed by atoms with Crippen molar-refractivity contribution >= 4 is 17.5 Å². The number of carboxylic acids is 1. The number of hydrogen-bond acceptors (Lipinski definition) is 6. The summed E-state index contributed by atoms with van der Waals surface area (Å²) in [6.45, 7) is 0. The van der Waals surface area contributed by atoms with E-state index in [1.807, 2.05) is 0 Å². The molecule has 2 rings (SSSR count). The van der Waals surface area contributed by atoms with Crippen LogP contribution in [-0.4, -0.2) is 40.2 Å². The Morgan fingerprint density at radius 1 is 1.60 bits per heavy atom. The Bertz CT molecular complexity index is 534. The summed E-state index contributed by atoms with van der Waals surface area (Å²) < 4.78 is 5.30. The molecule has 0 bridgehead atoms. The number of aromatic nitrogens is 1. The Hall–Kier alpha value is -2.22. The molecule has 0 aromatic carbocycles. The number of pyridine rings is 1. The smallest absolute Gasteiger partial charge is 0.337 e. The van der Waals surface area contributed by atoms with Crippen molar-refractivity contribution in [2.75, 3.05) is 12.4 Å². The summed E-state index contributed by atoms with van der Waals surface area (Å²) in [4.78, 5) is 25.1. The lowest BCUT2D eigenvalue weighted by Gasteiger charge is -2.19. The van der Waals surface area contributed by atoms with Crippen molar-refractivity contribution in [1.82, 2.24) is 4.98 Å². The molecule has 20 heavy (non-hydrogen) atoms. The third kappa shape index (κ3) is 2.85. The molecule has 0 amide bonds. The number of methoxy groups -OCH3 is 1. The fourth-order valence-corrected chi connectivity index (χ4v) is 2.37. The van der Waals surface area contributed by atoms with E-state index in [9.17, 15) is 14.9 Å². The molecule has 1 aromatic rings. The molecule has 1 aliphatic rings. The maximum absolute atomic E-state index is 11.0. The maximum Gasteiger partial charge on any atom is 0.337 e. The first kappa shape index (κ1) is 14.2. The molecule has 1 saturated carbocycles. The number of ether oxygens (including phenoxy) is 1. The average Bonchev–Trinajstić information content (AvgIpc) is 2.85. The zero-order valence-electron chi connectivity index (χ0n) is 10.9. The number of rotatable bonds is 5. The molecular formula is C12H15N3O5. The molecule has 1 aromatic heterocycles. The van der Waals surface area contributed by atoms with Gasteiger partial charge >= 0.3 is 11.7 Å². The van der Waals surface area contributed by atoms with Gasteiger partial charge in [0.05, 0.1) is 22.6 Å². The summed E-state index contributed by atoms with van der Waals surface area (Å²) in [6, 6.07) is 0.955. The van der Waals surface area contributed by atoms with Crippen molar-refractivity contribution < 1.29 is 19.6 Å². The summed E-state index contributed by atoms with van der Waals surface area (Å²) in [5.41, 5.74) is -0.552. The van der Waals surface area contributed by atoms with E-state index in [1.165, 1.54) is 0 Å². The number of carbonyl (C=O) groups is 1. The van der Waals surface area contributed by atoms with Crippen LogP contribution in [0.25, 0.3) is 0 Å². The van der Waals surface area contributed by atoms with E-state index < -0.39 is 10.9 Å². The molecule has 0 saturated heterocycles. The van der Waals surface area contributed by atoms with Crippen molar-refractivity contribution in [2.45, 2.75) is 31.4 Å². The van der Waals surface area contributed by atoms with Gasteiger partial charge in [-0.2, -0.15) is 0 Å². The highest BCUT2D eigenvalue weighted by Crippen LogP contribution is 2.29. The fourth-order valence-electron chi connectivity index (χ4n) is 2.37. The number of nitro groups is 1. The predicted molar refractivity (Wildman–Crippen MR) is 69.9 cm³/mol. The van der Waals surface area contributed by atoms with E-state index in [2.05, 4.69) is 10.3 Å². The zero-order chi connectivity index (χ0) is 14.7. The van der Waals surface area contributed by atoms with Gasteiger partial charge in [-0.1, -0.05) is 0 Å². The van der Waals surface area contributed by atoms with Crippen LogP contribution in [0.2, 0.25) is 0 Å². The molecule has 1 aliphatic carbocycles. The summed E-state index contributed by atoms with van der Waals surface area (Å²) >= 11 is 0. The molecule has 108 valence electrons. The van der Waals surface area contributed by atoms with Crippen molar-refractivity contribution in [3.05, 3.63) is 27.9 Å². The van der Waals surface area contributed by atoms with Gasteiger partial charge in [-0.25, -0.2) is 9.78 Å². The second-order valence-electron chi connectivity index (χ2n) is 4.61. The van der Waals surface area contributed by atoms with E-state index in [4.69, 9.17) is 9.84 Å². The molecule has 8 heteroatoms. The van der Waals surface area contributed by atoms with E-state index in [0.29, 0.717) is 0 Å². The Labute approximate surface area is 114 Å². The van der Waals surface area contributed by atoms with Gasteiger partial charge in [0.15, 0.2) is 0 Å². The van der Waals surface area contributed by atoms with Gasteiger partial charge in [-0.15, -0.1) is 0 Å². The van der Waals surface area contributed by atoms with Gasteiger partial charge in [-0.05, 0) is 19.3 Å². The van der Waals surface area contributed by atoms with Crippen LogP contribution in [0.1, 0.15) is 29.6 Å². The molecule has 2 N–H and O–H groups in total. The number of anilines is 1. The quantitative estimate of drug-likeness (QED) is 0.623. The second-order valence-corrected chi connectivity index (χ2v) is 4.61. The van der Waals surface area contributed by atoms with Crippen molar-refractivity contribution in [3.8, 4) is 0 Å². The van der Waals surface area contributed by atoms with Gasteiger partial charge in [0, 0.05) is 19.4 Å². The highest BCUT2D eigenvalue weighted by atomic mass is 16.6. The van der Waals surface area contributed by atoms with E-state index in [0.717, 1.165) is 31.5 Å². The minimum atomic E-state index is -1.25. The second kappa shape index (κ2) is 5.83. The van der Waals surface area contributed by atoms with Crippen molar-refractivity contribution in [2.24, 2.45) is 0 Å². The maximum atomic E-state index is 11.0. The number of hydrogen-bond donors (Lipinski definition) is 2. The van der Waals surface area contributed by atoms with Gasteiger partial charge in [-0.3, -0.25) is 10.1 Å². The molecule has 1 fully saturated rings. The number of aromatic carboxylic acids is 1. The highest BCUT2D eigenvalue weighted by Gasteiger charge is 2.29. The van der Waals surface area contributed by atoms with Crippen LogP contribution in [0.3, 0.4) is 0 Å². The Balaban J connectivity index is 2.27. The Morgan fingerprint density at radius 3 is 2.95 bits per heavy atom. The fraction of sp³-hybridized carbons (Fsp3) is 0.500. The van der Waals surface area contributed by atoms with Crippen LogP contribution in [0, 0.1) is 10.1 Å². The third-order valence-corrected chi connectivity index (χ3v) is 3.39. The monoisotopic (exact) mass is 281 g/mol. The van der Waals surface area contributed by atoms with Crippen LogP contribution < -0.4 is 5.32 Å². The first-order valence-electron chi connectivity index (χ1n) is 6.20. The van der Waals surface area contributed by atoms with Gasteiger partial charge in [0.2, 0.25) is 5.82 Å². The van der Waals surface area contributed by atoms with Crippen LogP contribution in [-0.2, 0) is 4.74 Å². The SMILES string of the molecule is COC1CCCC1Nc1ncc(C(=O)O)cc1[N+](=O)[O-]. The largest absolute Gasteiger partial charge is 0.478 e. The molecule has 0 aliphatic heterocycles. The molecule has 1 heterocycles. The highest BCUT2D eigenvalue weighted by molar-refractivity contribution is 5.88. The van der Waals surface area contributed by atoms with Gasteiger partial charge in [0.1, 0.15) is 0 Å². The summed E-state index contributed by atoms with van der Waals surface area (Å²) in [7, 11) is 1.60. The third-order valence-electron chi connectivity index (χ3n) is 3.39. The molecular weight excluding hydrogens is 266 g/mol. The molecule has 2 atom stereocenters. The van der Waals surface area contributed by atoms with E-state index >= 15 is 0 Å². The summed E-state index contributed by atoms with van der Waals surface area (Å²) in [5, 5.41) is 22.9. The van der Waals surface area contributed by atoms with Crippen LogP contribution in [0.4, 0.5) is 11.5 Å². The van der Waals surface area contributed by atoms with Crippen LogP contribution in [0.5, 0.6) is 0 Å². The minimum absolute atomic E-state index is 0.0180. The summed E-state index contributed by atoms with van der Waals surface area (Å²) in [6.07, 6.45) is 3.77. The Kier molecular flexibility index (Phi) is 4.14. The van der Waals surface area contributed by atoms with Crippen molar-refractivity contribution in [3.63, 3.8) is 0 Å². The van der Waals surface area contributed by atoms with Crippen molar-refractivity contribution in [1.29, 1.82) is 0 Å². The topological polar surface area (TPSA) is 115 Å². The molecule has 2 unspecified atom stereocenters. The predicted octanol–water partition coefficient (Wildman–Crippen LogP) is 1.67. The standard InChI is InChI=1S/C12H15N3O5/c1-20-10-4-2-3-8(10)14-11-9(15(18)19)5-7(6-13-11)12(16)17/h5-6,8,10H,2-4H2,1H3,(H,13,14)(H,16,17).